The highest BCUT2D eigenvalue weighted by Crippen LogP contribution is 2.51. The standard InChI is InChI=1S/C15H23F3N4O/c1-23-14(15(16,17)18)5-10(6-14)8-22-4-2-3-11(9-22)13-12(19)7-20-21-13/h7,10-11H,2-6,8-9,19H2,1H3,(H,20,21). The summed E-state index contributed by atoms with van der Waals surface area (Å²) in [5, 5.41) is 6.91. The lowest BCUT2D eigenvalue weighted by Crippen LogP contribution is -2.58. The molecule has 23 heavy (non-hydrogen) atoms. The van der Waals surface area contributed by atoms with E-state index in [1.54, 1.807) is 6.20 Å². The number of hydrogen-bond acceptors (Lipinski definition) is 4. The lowest BCUT2D eigenvalue weighted by molar-refractivity contribution is -0.309. The van der Waals surface area contributed by atoms with Gasteiger partial charge < -0.3 is 15.4 Å². The number of nitrogens with zero attached hydrogens (tertiary/aromatic N) is 2. The van der Waals surface area contributed by atoms with E-state index in [0.717, 1.165) is 38.7 Å². The van der Waals surface area contributed by atoms with Crippen molar-refractivity contribution < 1.29 is 17.9 Å². The number of anilines is 1. The average Bonchev–Trinajstić information content (AvgIpc) is 2.87. The third-order valence-electron chi connectivity index (χ3n) is 5.27. The van der Waals surface area contributed by atoms with Crippen LogP contribution in [0.25, 0.3) is 0 Å². The molecule has 3 N–H and O–H groups in total. The fraction of sp³-hybridized carbons (Fsp3) is 0.800. The number of likely N-dealkylation sites (tertiary alicyclic amines) is 1. The minimum atomic E-state index is -4.28. The van der Waals surface area contributed by atoms with Gasteiger partial charge in [-0.2, -0.15) is 18.3 Å². The second-order valence-corrected chi connectivity index (χ2v) is 6.81. The van der Waals surface area contributed by atoms with Crippen LogP contribution < -0.4 is 5.73 Å². The maximum Gasteiger partial charge on any atom is 0.417 e. The number of aromatic nitrogens is 2. The third kappa shape index (κ3) is 3.06. The van der Waals surface area contributed by atoms with Gasteiger partial charge in [-0.1, -0.05) is 0 Å². The molecule has 1 atom stereocenters. The molecule has 130 valence electrons. The fourth-order valence-electron chi connectivity index (χ4n) is 3.97. The minimum Gasteiger partial charge on any atom is -0.396 e. The second-order valence-electron chi connectivity index (χ2n) is 6.81. The number of rotatable bonds is 4. The van der Waals surface area contributed by atoms with Gasteiger partial charge in [0.25, 0.3) is 0 Å². The zero-order valence-corrected chi connectivity index (χ0v) is 13.2. The summed E-state index contributed by atoms with van der Waals surface area (Å²) in [5.74, 6) is 0.315. The first-order valence-electron chi connectivity index (χ1n) is 7.97. The molecule has 0 aromatic carbocycles. The van der Waals surface area contributed by atoms with Crippen LogP contribution >= 0.6 is 0 Å². The molecule has 0 bridgehead atoms. The van der Waals surface area contributed by atoms with Crippen LogP contribution in [0.1, 0.15) is 37.3 Å². The van der Waals surface area contributed by atoms with E-state index in [1.807, 2.05) is 0 Å². The van der Waals surface area contributed by atoms with Crippen LogP contribution in [0.15, 0.2) is 6.20 Å². The Hall–Kier alpha value is -1.28. The monoisotopic (exact) mass is 332 g/mol. The molecule has 2 aliphatic rings. The molecular formula is C15H23F3N4O. The Morgan fingerprint density at radius 3 is 2.78 bits per heavy atom. The molecule has 5 nitrogen and oxygen atoms in total. The number of nitrogens with two attached hydrogens (primary N) is 1. The van der Waals surface area contributed by atoms with E-state index in [4.69, 9.17) is 10.5 Å². The van der Waals surface area contributed by atoms with E-state index in [-0.39, 0.29) is 24.7 Å². The van der Waals surface area contributed by atoms with Gasteiger partial charge in [-0.3, -0.25) is 5.10 Å². The highest BCUT2D eigenvalue weighted by atomic mass is 19.4. The molecule has 1 unspecified atom stereocenters. The van der Waals surface area contributed by atoms with Gasteiger partial charge in [0.1, 0.15) is 0 Å². The molecule has 0 amide bonds. The molecule has 1 aliphatic carbocycles. The van der Waals surface area contributed by atoms with Crippen molar-refractivity contribution in [2.45, 2.75) is 43.4 Å². The van der Waals surface area contributed by atoms with E-state index in [9.17, 15) is 13.2 Å². The van der Waals surface area contributed by atoms with Gasteiger partial charge in [0, 0.05) is 26.1 Å². The predicted molar refractivity (Wildman–Crippen MR) is 79.9 cm³/mol. The minimum absolute atomic E-state index is 0.0365. The van der Waals surface area contributed by atoms with Gasteiger partial charge >= 0.3 is 6.18 Å². The number of aromatic amines is 1. The molecule has 1 saturated heterocycles. The molecule has 1 saturated carbocycles. The molecule has 3 rings (SSSR count). The molecule has 0 spiro atoms. The lowest BCUT2D eigenvalue weighted by Gasteiger charge is -2.49. The quantitative estimate of drug-likeness (QED) is 0.889. The Balaban J connectivity index is 1.55. The van der Waals surface area contributed by atoms with E-state index in [2.05, 4.69) is 15.1 Å². The average molecular weight is 332 g/mol. The van der Waals surface area contributed by atoms with E-state index < -0.39 is 11.8 Å². The number of ether oxygens (including phenoxy) is 1. The van der Waals surface area contributed by atoms with Crippen molar-refractivity contribution in [1.29, 1.82) is 0 Å². The van der Waals surface area contributed by atoms with Crippen LogP contribution in [0.3, 0.4) is 0 Å². The number of halogens is 3. The summed E-state index contributed by atoms with van der Waals surface area (Å²) in [5.41, 5.74) is 5.59. The summed E-state index contributed by atoms with van der Waals surface area (Å²) in [6, 6.07) is 0. The topological polar surface area (TPSA) is 67.2 Å². The van der Waals surface area contributed by atoms with Crippen molar-refractivity contribution in [3.63, 3.8) is 0 Å². The Morgan fingerprint density at radius 1 is 1.48 bits per heavy atom. The number of nitrogens with one attached hydrogen (secondary N) is 1. The van der Waals surface area contributed by atoms with Crippen molar-refractivity contribution >= 4 is 5.69 Å². The number of alkyl halides is 3. The first-order chi connectivity index (χ1) is 10.8. The molecule has 0 radical (unpaired) electrons. The van der Waals surface area contributed by atoms with Gasteiger partial charge in [-0.05, 0) is 38.1 Å². The van der Waals surface area contributed by atoms with Crippen LogP contribution in [-0.2, 0) is 4.74 Å². The molecule has 1 aromatic heterocycles. The smallest absolute Gasteiger partial charge is 0.396 e. The van der Waals surface area contributed by atoms with Crippen molar-refractivity contribution in [3.8, 4) is 0 Å². The normalized spacial score (nSPS) is 32.7. The number of methoxy groups -OCH3 is 1. The summed E-state index contributed by atoms with van der Waals surface area (Å²) in [4.78, 5) is 2.25. The summed E-state index contributed by atoms with van der Waals surface area (Å²) in [7, 11) is 1.15. The Morgan fingerprint density at radius 2 is 2.22 bits per heavy atom. The SMILES string of the molecule is COC1(C(F)(F)F)CC(CN2CCCC(c3[nH]ncc3N)C2)C1. The van der Waals surface area contributed by atoms with Crippen LogP contribution in [0.2, 0.25) is 0 Å². The maximum atomic E-state index is 13.0. The molecule has 2 heterocycles. The Kier molecular flexibility index (Phi) is 4.31. The Bertz CT molecular complexity index is 539. The van der Waals surface area contributed by atoms with Crippen molar-refractivity contribution in [3.05, 3.63) is 11.9 Å². The van der Waals surface area contributed by atoms with E-state index in [0.29, 0.717) is 12.2 Å². The highest BCUT2D eigenvalue weighted by molar-refractivity contribution is 5.42. The Labute approximate surface area is 133 Å². The third-order valence-corrected chi connectivity index (χ3v) is 5.27. The van der Waals surface area contributed by atoms with E-state index in [1.165, 1.54) is 0 Å². The van der Waals surface area contributed by atoms with Crippen LogP contribution in [0.5, 0.6) is 0 Å². The summed E-state index contributed by atoms with van der Waals surface area (Å²) >= 11 is 0. The maximum absolute atomic E-state index is 13.0. The second kappa shape index (κ2) is 5.98. The van der Waals surface area contributed by atoms with Gasteiger partial charge in [-0.25, -0.2) is 0 Å². The summed E-state index contributed by atoms with van der Waals surface area (Å²) in [6.45, 7) is 2.42. The van der Waals surface area contributed by atoms with Gasteiger partial charge in [0.15, 0.2) is 5.60 Å². The summed E-state index contributed by atoms with van der Waals surface area (Å²) < 4.78 is 43.9. The van der Waals surface area contributed by atoms with Gasteiger partial charge in [0.2, 0.25) is 0 Å². The molecule has 8 heteroatoms. The van der Waals surface area contributed by atoms with Gasteiger partial charge in [0.05, 0.1) is 17.6 Å². The summed E-state index contributed by atoms with van der Waals surface area (Å²) in [6.07, 6.45) is -0.521. The first-order valence-corrected chi connectivity index (χ1v) is 7.97. The van der Waals surface area contributed by atoms with Crippen LogP contribution in [-0.4, -0.2) is 53.6 Å². The zero-order valence-electron chi connectivity index (χ0n) is 13.2. The van der Waals surface area contributed by atoms with Crippen LogP contribution in [0, 0.1) is 5.92 Å². The highest BCUT2D eigenvalue weighted by Gasteiger charge is 2.62. The number of nitrogen functional groups attached to an aromatic ring is 1. The molecule has 1 aromatic rings. The largest absolute Gasteiger partial charge is 0.417 e. The zero-order chi connectivity index (χ0) is 16.7. The van der Waals surface area contributed by atoms with Gasteiger partial charge in [-0.15, -0.1) is 0 Å². The van der Waals surface area contributed by atoms with Crippen molar-refractivity contribution in [2.24, 2.45) is 5.92 Å². The van der Waals surface area contributed by atoms with Crippen molar-refractivity contribution in [2.75, 3.05) is 32.5 Å². The first kappa shape index (κ1) is 16.6. The number of piperidine rings is 1. The molecule has 2 fully saturated rings. The fourth-order valence-corrected chi connectivity index (χ4v) is 3.97. The number of H-pyrrole nitrogens is 1. The van der Waals surface area contributed by atoms with Crippen molar-refractivity contribution in [1.82, 2.24) is 15.1 Å². The van der Waals surface area contributed by atoms with Crippen LogP contribution in [0.4, 0.5) is 18.9 Å². The predicted octanol–water partition coefficient (Wildman–Crippen LogP) is 2.53. The molecular weight excluding hydrogens is 309 g/mol. The van der Waals surface area contributed by atoms with E-state index >= 15 is 0 Å². The lowest BCUT2D eigenvalue weighted by atomic mass is 9.69. The molecule has 1 aliphatic heterocycles. The number of hydrogen-bond donors (Lipinski definition) is 2.